The quantitative estimate of drug-likeness (QED) is 0.352. The van der Waals surface area contributed by atoms with Crippen molar-refractivity contribution in [1.29, 1.82) is 0 Å². The molecule has 0 rings (SSSR count). The molecule has 0 radical (unpaired) electrons. The highest BCUT2D eigenvalue weighted by atomic mass is 16.5. The number of rotatable bonds is 7. The Hall–Kier alpha value is -0.770. The summed E-state index contributed by atoms with van der Waals surface area (Å²) in [5.41, 5.74) is 0. The number of aliphatic hydroxyl groups excluding tert-OH is 4. The third-order valence-corrected chi connectivity index (χ3v) is 1.91. The van der Waals surface area contributed by atoms with E-state index in [1.807, 2.05) is 0 Å². The predicted octanol–water partition coefficient (Wildman–Crippen LogP) is -2.19. The third-order valence-electron chi connectivity index (χ3n) is 1.91. The van der Waals surface area contributed by atoms with Crippen LogP contribution in [0.2, 0.25) is 0 Å². The fourth-order valence-corrected chi connectivity index (χ4v) is 1.12. The Bertz CT molecular complexity index is 206. The number of carboxylic acid groups (broad SMARTS) is 1. The Labute approximate surface area is 105 Å². The van der Waals surface area contributed by atoms with E-state index >= 15 is 0 Å². The zero-order valence-corrected chi connectivity index (χ0v) is 10.7. The van der Waals surface area contributed by atoms with Crippen molar-refractivity contribution in [2.75, 3.05) is 27.4 Å². The fourth-order valence-electron chi connectivity index (χ4n) is 1.12. The van der Waals surface area contributed by atoms with Gasteiger partial charge in [-0.05, 0) is 0 Å². The van der Waals surface area contributed by atoms with Crippen LogP contribution in [0.1, 0.15) is 6.92 Å². The largest absolute Gasteiger partial charge is 0.481 e. The second-order valence-electron chi connectivity index (χ2n) is 3.48. The van der Waals surface area contributed by atoms with Gasteiger partial charge in [0.25, 0.3) is 5.97 Å². The Morgan fingerprint density at radius 2 is 1.61 bits per heavy atom. The minimum atomic E-state index is -1.30. The van der Waals surface area contributed by atoms with Crippen molar-refractivity contribution in [3.05, 3.63) is 0 Å². The lowest BCUT2D eigenvalue weighted by Gasteiger charge is -2.28. The number of aliphatic carboxylic acids is 1. The van der Waals surface area contributed by atoms with Crippen molar-refractivity contribution in [3.63, 3.8) is 0 Å². The van der Waals surface area contributed by atoms with Gasteiger partial charge in [0.1, 0.15) is 24.4 Å². The molecule has 0 aliphatic heterocycles. The highest BCUT2D eigenvalue weighted by Crippen LogP contribution is 2.08. The van der Waals surface area contributed by atoms with E-state index in [0.717, 1.165) is 6.92 Å². The van der Waals surface area contributed by atoms with Crippen molar-refractivity contribution < 1.29 is 39.8 Å². The van der Waals surface area contributed by atoms with Gasteiger partial charge in [-0.3, -0.25) is 4.79 Å². The van der Waals surface area contributed by atoms with Gasteiger partial charge in [0, 0.05) is 21.1 Å². The zero-order valence-electron chi connectivity index (χ0n) is 10.7. The van der Waals surface area contributed by atoms with E-state index in [1.54, 1.807) is 0 Å². The molecule has 0 heterocycles. The van der Waals surface area contributed by atoms with Crippen LogP contribution in [0.5, 0.6) is 0 Å². The first-order valence-electron chi connectivity index (χ1n) is 5.18. The van der Waals surface area contributed by atoms with E-state index in [-0.39, 0.29) is 6.61 Å². The minimum absolute atomic E-state index is 0.0703. The van der Waals surface area contributed by atoms with Gasteiger partial charge >= 0.3 is 0 Å². The van der Waals surface area contributed by atoms with Gasteiger partial charge in [-0.15, -0.1) is 0 Å². The van der Waals surface area contributed by atoms with E-state index in [1.165, 1.54) is 14.2 Å². The molecule has 0 amide bonds. The lowest BCUT2D eigenvalue weighted by molar-refractivity contribution is -0.139. The maximum Gasteiger partial charge on any atom is 0.300 e. The van der Waals surface area contributed by atoms with Crippen molar-refractivity contribution in [3.8, 4) is 0 Å². The number of aliphatic hydroxyl groups is 4. The number of methoxy groups -OCH3 is 2. The number of hydrogen-bond acceptors (Lipinski definition) is 7. The van der Waals surface area contributed by atoms with Gasteiger partial charge in [-0.1, -0.05) is 0 Å². The smallest absolute Gasteiger partial charge is 0.300 e. The molecule has 0 saturated carbocycles. The van der Waals surface area contributed by atoms with Crippen molar-refractivity contribution >= 4 is 5.97 Å². The Morgan fingerprint density at radius 1 is 1.17 bits per heavy atom. The molecule has 0 aromatic carbocycles. The second-order valence-corrected chi connectivity index (χ2v) is 3.48. The molecule has 0 unspecified atom stereocenters. The summed E-state index contributed by atoms with van der Waals surface area (Å²) in [6.07, 6.45) is -4.74. The molecule has 0 aliphatic carbocycles. The SMILES string of the molecule is CC(=O)O.COC[C@@H](O)[C@@H](O)[C@H](OC)[C@@H](O)CO. The first kappa shape index (κ1) is 19.6. The van der Waals surface area contributed by atoms with Gasteiger partial charge in [-0.2, -0.15) is 0 Å². The second kappa shape index (κ2) is 11.3. The molecule has 0 fully saturated rings. The molecule has 0 saturated heterocycles. The molecule has 0 aliphatic rings. The van der Waals surface area contributed by atoms with Gasteiger partial charge in [-0.25, -0.2) is 0 Å². The Kier molecular flexibility index (Phi) is 12.3. The Balaban J connectivity index is 0. The molecule has 0 aromatic heterocycles. The summed E-state index contributed by atoms with van der Waals surface area (Å²) in [6, 6.07) is 0. The summed E-state index contributed by atoms with van der Waals surface area (Å²) < 4.78 is 9.38. The highest BCUT2D eigenvalue weighted by Gasteiger charge is 2.31. The van der Waals surface area contributed by atoms with E-state index in [4.69, 9.17) is 19.7 Å². The Morgan fingerprint density at radius 3 is 1.89 bits per heavy atom. The number of ether oxygens (including phenoxy) is 2. The standard InChI is InChI=1S/C8H18O6.C2H4O2/c1-13-4-6(11)7(12)8(14-2)5(10)3-9;1-2(3)4/h5-12H,3-4H2,1-2H3;1H3,(H,3,4)/t5-,6+,7+,8+;/m0./s1. The van der Waals surface area contributed by atoms with Crippen LogP contribution in [-0.2, 0) is 14.3 Å². The molecule has 0 bridgehead atoms. The zero-order chi connectivity index (χ0) is 14.7. The molecule has 110 valence electrons. The summed E-state index contributed by atoms with van der Waals surface area (Å²) in [4.78, 5) is 9.00. The van der Waals surface area contributed by atoms with Crippen molar-refractivity contribution in [2.45, 2.75) is 31.3 Å². The highest BCUT2D eigenvalue weighted by molar-refractivity contribution is 5.62. The normalized spacial score (nSPS) is 17.1. The van der Waals surface area contributed by atoms with Crippen LogP contribution in [0.3, 0.4) is 0 Å². The first-order chi connectivity index (χ1) is 8.31. The van der Waals surface area contributed by atoms with Crippen LogP contribution >= 0.6 is 0 Å². The first-order valence-corrected chi connectivity index (χ1v) is 5.18. The molecule has 5 N–H and O–H groups in total. The van der Waals surface area contributed by atoms with E-state index in [0.29, 0.717) is 0 Å². The molecule has 0 spiro atoms. The fraction of sp³-hybridized carbons (Fsp3) is 0.900. The van der Waals surface area contributed by atoms with E-state index in [2.05, 4.69) is 4.74 Å². The third kappa shape index (κ3) is 9.28. The van der Waals surface area contributed by atoms with Crippen LogP contribution in [0, 0.1) is 0 Å². The van der Waals surface area contributed by atoms with E-state index in [9.17, 15) is 15.3 Å². The number of carbonyl (C=O) groups is 1. The molecule has 8 nitrogen and oxygen atoms in total. The number of carboxylic acids is 1. The van der Waals surface area contributed by atoms with Gasteiger partial charge in [0.2, 0.25) is 0 Å². The van der Waals surface area contributed by atoms with Crippen LogP contribution in [0.25, 0.3) is 0 Å². The average Bonchev–Trinajstić information content (AvgIpc) is 2.29. The molecular formula is C10H22O8. The summed E-state index contributed by atoms with van der Waals surface area (Å²) in [6.45, 7) is 0.467. The topological polar surface area (TPSA) is 137 Å². The summed E-state index contributed by atoms with van der Waals surface area (Å²) in [5.74, 6) is -0.833. The average molecular weight is 270 g/mol. The van der Waals surface area contributed by atoms with Gasteiger partial charge in [0.15, 0.2) is 0 Å². The monoisotopic (exact) mass is 270 g/mol. The van der Waals surface area contributed by atoms with E-state index < -0.39 is 37.0 Å². The van der Waals surface area contributed by atoms with Crippen LogP contribution in [-0.4, -0.2) is 83.4 Å². The summed E-state index contributed by atoms with van der Waals surface area (Å²) in [7, 11) is 2.65. The van der Waals surface area contributed by atoms with Crippen LogP contribution in [0.15, 0.2) is 0 Å². The van der Waals surface area contributed by atoms with Crippen LogP contribution in [0.4, 0.5) is 0 Å². The summed E-state index contributed by atoms with van der Waals surface area (Å²) in [5, 5.41) is 44.1. The van der Waals surface area contributed by atoms with Crippen molar-refractivity contribution in [1.82, 2.24) is 0 Å². The van der Waals surface area contributed by atoms with Gasteiger partial charge in [0.05, 0.1) is 13.2 Å². The van der Waals surface area contributed by atoms with Crippen molar-refractivity contribution in [2.24, 2.45) is 0 Å². The lowest BCUT2D eigenvalue weighted by Crippen LogP contribution is -2.48. The predicted molar refractivity (Wildman–Crippen MR) is 61.1 cm³/mol. The molecule has 18 heavy (non-hydrogen) atoms. The maximum atomic E-state index is 9.48. The minimum Gasteiger partial charge on any atom is -0.481 e. The molecule has 0 aromatic rings. The molecule has 8 heteroatoms. The molecule has 4 atom stereocenters. The van der Waals surface area contributed by atoms with Crippen LogP contribution < -0.4 is 0 Å². The maximum absolute atomic E-state index is 9.48. The summed E-state index contributed by atoms with van der Waals surface area (Å²) >= 11 is 0. The van der Waals surface area contributed by atoms with Gasteiger partial charge < -0.3 is 35.0 Å². The lowest BCUT2D eigenvalue weighted by atomic mass is 10.0. The molecular weight excluding hydrogens is 248 g/mol. The number of hydrogen-bond donors (Lipinski definition) is 5.